The predicted octanol–water partition coefficient (Wildman–Crippen LogP) is -3.26. The van der Waals surface area contributed by atoms with Crippen LogP contribution in [0.25, 0.3) is 0 Å². The quantitative estimate of drug-likeness (QED) is 0.505. The molecule has 1 aliphatic heterocycles. The van der Waals surface area contributed by atoms with E-state index in [0.29, 0.717) is 12.1 Å². The second-order valence-electron chi connectivity index (χ2n) is 5.44. The van der Waals surface area contributed by atoms with Crippen molar-refractivity contribution in [3.8, 4) is 0 Å². The van der Waals surface area contributed by atoms with Crippen LogP contribution in [0.3, 0.4) is 0 Å². The molecule has 0 spiro atoms. The summed E-state index contributed by atoms with van der Waals surface area (Å²) in [7, 11) is -1.24. The van der Waals surface area contributed by atoms with E-state index < -0.39 is 16.1 Å². The Morgan fingerprint density at radius 2 is 2.00 bits per heavy atom. The van der Waals surface area contributed by atoms with Crippen molar-refractivity contribution in [2.75, 3.05) is 31.2 Å². The maximum atomic E-state index is 11.1. The highest BCUT2D eigenvalue weighted by Gasteiger charge is 2.16. The first-order chi connectivity index (χ1) is 9.83. The zero-order valence-electron chi connectivity index (χ0n) is 12.7. The van der Waals surface area contributed by atoms with E-state index in [4.69, 9.17) is 0 Å². The monoisotopic (exact) mass is 347 g/mol. The first-order valence-electron chi connectivity index (χ1n) is 6.82. The molecule has 0 aliphatic carbocycles. The number of benzene rings is 1. The Morgan fingerprint density at radius 3 is 2.50 bits per heavy atom. The number of aliphatic hydroxyl groups excluding tert-OH is 1. The second-order valence-corrected chi connectivity index (χ2v) is 7.19. The molecule has 1 aromatic rings. The van der Waals surface area contributed by atoms with Crippen molar-refractivity contribution in [1.29, 1.82) is 0 Å². The van der Waals surface area contributed by atoms with Gasteiger partial charge in [-0.15, -0.1) is 0 Å². The third-order valence-electron chi connectivity index (χ3n) is 3.35. The van der Waals surface area contributed by atoms with Gasteiger partial charge in [0.05, 0.1) is 25.1 Å². The van der Waals surface area contributed by atoms with Crippen molar-refractivity contribution in [2.24, 2.45) is 0 Å². The van der Waals surface area contributed by atoms with Crippen LogP contribution in [0.1, 0.15) is 18.1 Å². The second kappa shape index (κ2) is 7.82. The molecule has 22 heavy (non-hydrogen) atoms. The average molecular weight is 348 g/mol. The lowest BCUT2D eigenvalue weighted by molar-refractivity contribution is -0.849. The number of quaternary nitrogens is 1. The summed E-state index contributed by atoms with van der Waals surface area (Å²) in [6.07, 6.45) is 5.36. The van der Waals surface area contributed by atoms with Crippen LogP contribution < -0.4 is 22.0 Å². The predicted molar refractivity (Wildman–Crippen MR) is 82.1 cm³/mol. The van der Waals surface area contributed by atoms with Gasteiger partial charge in [0.15, 0.2) is 6.67 Å². The molecule has 0 aromatic heterocycles. The fraction of sp³-hybridized carbons (Fsp3) is 0.429. The highest BCUT2D eigenvalue weighted by molar-refractivity contribution is 7.92. The van der Waals surface area contributed by atoms with E-state index >= 15 is 0 Å². The van der Waals surface area contributed by atoms with Gasteiger partial charge in [0.1, 0.15) is 6.20 Å². The first-order valence-corrected chi connectivity index (χ1v) is 8.71. The zero-order valence-corrected chi connectivity index (χ0v) is 14.2. The number of hydrogen-bond acceptors (Lipinski definition) is 4. The summed E-state index contributed by atoms with van der Waals surface area (Å²) in [5.41, 5.74) is 1.30. The Hall–Kier alpha value is -1.28. The minimum atomic E-state index is -3.26. The summed E-state index contributed by atoms with van der Waals surface area (Å²) in [5, 5.41) is 10.2. The van der Waals surface area contributed by atoms with Gasteiger partial charge in [-0.2, -0.15) is 0 Å². The van der Waals surface area contributed by atoms with E-state index in [2.05, 4.69) is 15.8 Å². The third-order valence-corrected chi connectivity index (χ3v) is 3.96. The van der Waals surface area contributed by atoms with E-state index in [9.17, 15) is 13.5 Å². The molecule has 124 valence electrons. The average Bonchev–Trinajstić information content (AvgIpc) is 2.81. The molecule has 6 nitrogen and oxygen atoms in total. The van der Waals surface area contributed by atoms with Crippen LogP contribution >= 0.6 is 0 Å². The Labute approximate surface area is 137 Å². The van der Waals surface area contributed by atoms with E-state index in [0.717, 1.165) is 25.0 Å². The van der Waals surface area contributed by atoms with Gasteiger partial charge in [0.25, 0.3) is 0 Å². The number of rotatable bonds is 6. The Bertz CT molecular complexity index is 604. The topological polar surface area (TPSA) is 74.1 Å². The molecule has 2 unspecified atom stereocenters. The van der Waals surface area contributed by atoms with Gasteiger partial charge in [-0.25, -0.2) is 8.42 Å². The summed E-state index contributed by atoms with van der Waals surface area (Å²) >= 11 is 0. The molecule has 1 heterocycles. The van der Waals surface area contributed by atoms with Crippen LogP contribution in [0, 0.1) is 0 Å². The number of nitrogens with one attached hydrogen (secondary N) is 2. The zero-order chi connectivity index (χ0) is 15.5. The van der Waals surface area contributed by atoms with Gasteiger partial charge >= 0.3 is 0 Å². The van der Waals surface area contributed by atoms with Crippen LogP contribution in [0.15, 0.2) is 36.7 Å². The standard InChI is InChI=1S/C14H21N3O3S.ClH/c1-16-9-10-17(11-16)8-7-14(18)12-3-5-13(6-4-12)15-21(2,19)20;/h3-6,9-10,14-15,18H,7-8,11H2,1-2H3;1H. The summed E-state index contributed by atoms with van der Waals surface area (Å²) in [6.45, 7) is 1.77. The van der Waals surface area contributed by atoms with Gasteiger partial charge in [-0.1, -0.05) is 12.1 Å². The largest absolute Gasteiger partial charge is 1.00 e. The van der Waals surface area contributed by atoms with Crippen molar-refractivity contribution in [2.45, 2.75) is 12.5 Å². The molecule has 0 bridgehead atoms. The van der Waals surface area contributed by atoms with Crippen LogP contribution in [-0.4, -0.2) is 44.9 Å². The molecule has 0 saturated heterocycles. The van der Waals surface area contributed by atoms with Crippen LogP contribution in [0.2, 0.25) is 0 Å². The lowest BCUT2D eigenvalue weighted by atomic mass is 10.1. The molecule has 1 aromatic carbocycles. The van der Waals surface area contributed by atoms with Crippen LogP contribution in [0.5, 0.6) is 0 Å². The van der Waals surface area contributed by atoms with Crippen molar-refractivity contribution in [3.63, 3.8) is 0 Å². The van der Waals surface area contributed by atoms with Gasteiger partial charge in [0, 0.05) is 19.2 Å². The fourth-order valence-corrected chi connectivity index (χ4v) is 2.86. The van der Waals surface area contributed by atoms with Crippen molar-refractivity contribution >= 4 is 15.7 Å². The van der Waals surface area contributed by atoms with E-state index in [1.165, 1.54) is 4.90 Å². The summed E-state index contributed by atoms with van der Waals surface area (Å²) in [6, 6.07) is 6.82. The van der Waals surface area contributed by atoms with Gasteiger partial charge < -0.3 is 22.4 Å². The molecule has 0 radical (unpaired) electrons. The summed E-state index contributed by atoms with van der Waals surface area (Å²) < 4.78 is 24.6. The van der Waals surface area contributed by atoms with E-state index in [1.54, 1.807) is 24.3 Å². The summed E-state index contributed by atoms with van der Waals surface area (Å²) in [5.74, 6) is 0. The number of anilines is 1. The molecular formula is C14H22ClN3O3S. The highest BCUT2D eigenvalue weighted by Crippen LogP contribution is 2.18. The number of hydrogen-bond donors (Lipinski definition) is 3. The number of halogens is 1. The summed E-state index contributed by atoms with van der Waals surface area (Å²) in [4.78, 5) is 3.42. The molecule has 3 N–H and O–H groups in total. The number of nitrogens with zero attached hydrogens (tertiary/aromatic N) is 1. The maximum absolute atomic E-state index is 11.1. The number of sulfonamides is 1. The minimum Gasteiger partial charge on any atom is -1.00 e. The van der Waals surface area contributed by atoms with Crippen molar-refractivity contribution < 1.29 is 30.8 Å². The molecule has 2 atom stereocenters. The third kappa shape index (κ3) is 5.84. The number of aliphatic hydroxyl groups is 1. The van der Waals surface area contributed by atoms with Crippen LogP contribution in [-0.2, 0) is 10.0 Å². The van der Waals surface area contributed by atoms with Gasteiger partial charge in [-0.3, -0.25) is 9.62 Å². The normalized spacial score (nSPS) is 18.9. The lowest BCUT2D eigenvalue weighted by Crippen LogP contribution is -3.07. The lowest BCUT2D eigenvalue weighted by Gasteiger charge is -2.16. The highest BCUT2D eigenvalue weighted by atomic mass is 35.5. The molecule has 1 aliphatic rings. The van der Waals surface area contributed by atoms with Crippen LogP contribution in [0.4, 0.5) is 5.69 Å². The minimum absolute atomic E-state index is 0. The molecule has 8 heteroatoms. The Balaban J connectivity index is 0.00000242. The van der Waals surface area contributed by atoms with Crippen molar-refractivity contribution in [3.05, 3.63) is 42.2 Å². The Kier molecular flexibility index (Phi) is 6.67. The van der Waals surface area contributed by atoms with E-state index in [1.807, 2.05) is 13.2 Å². The molecule has 0 fully saturated rings. The fourth-order valence-electron chi connectivity index (χ4n) is 2.30. The molecule has 0 amide bonds. The molecule has 0 saturated carbocycles. The van der Waals surface area contributed by atoms with Gasteiger partial charge in [0.2, 0.25) is 10.0 Å². The SMILES string of the molecule is CN1C=C[NH+](CCC(O)c2ccc(NS(C)(=O)=O)cc2)C1.[Cl-]. The molecule has 2 rings (SSSR count). The molecular weight excluding hydrogens is 326 g/mol. The van der Waals surface area contributed by atoms with Crippen molar-refractivity contribution in [1.82, 2.24) is 4.90 Å². The maximum Gasteiger partial charge on any atom is 0.229 e. The van der Waals surface area contributed by atoms with E-state index in [-0.39, 0.29) is 12.4 Å². The smallest absolute Gasteiger partial charge is 0.229 e. The first kappa shape index (κ1) is 18.8. The van der Waals surface area contributed by atoms with Gasteiger partial charge in [-0.05, 0) is 17.7 Å². The Morgan fingerprint density at radius 1 is 1.36 bits per heavy atom.